The molecule has 1 amide bonds. The van der Waals surface area contributed by atoms with E-state index in [0.29, 0.717) is 24.5 Å². The largest absolute Gasteiger partial charge is 0.461 e. The molecule has 1 aromatic rings. The summed E-state index contributed by atoms with van der Waals surface area (Å²) in [6, 6.07) is 1.63. The first-order chi connectivity index (χ1) is 11.8. The quantitative estimate of drug-likeness (QED) is 0.502. The standard InChI is InChI=1S/C19H32N2O4/c1-6-8-9-10-11-12-21-14-15(13-16(21)17(22)24-7-2)20-18(23)25-19(3,4)5/h13-14H,6-12H2,1-5H3,(H,20,23). The molecule has 25 heavy (non-hydrogen) atoms. The molecule has 142 valence electrons. The van der Waals surface area contributed by atoms with Crippen molar-refractivity contribution in [2.45, 2.75) is 78.9 Å². The molecule has 0 unspecified atom stereocenters. The molecule has 6 nitrogen and oxygen atoms in total. The van der Waals surface area contributed by atoms with Gasteiger partial charge in [-0.15, -0.1) is 0 Å². The highest BCUT2D eigenvalue weighted by Gasteiger charge is 2.19. The highest BCUT2D eigenvalue weighted by Crippen LogP contribution is 2.18. The SMILES string of the molecule is CCCCCCCn1cc(NC(=O)OC(C)(C)C)cc1C(=O)OCC. The van der Waals surface area contributed by atoms with E-state index in [1.54, 1.807) is 40.0 Å². The third-order valence-electron chi connectivity index (χ3n) is 3.53. The second kappa shape index (κ2) is 10.1. The molecule has 0 aliphatic carbocycles. The van der Waals surface area contributed by atoms with Crippen molar-refractivity contribution in [3.63, 3.8) is 0 Å². The Morgan fingerprint density at radius 1 is 1.12 bits per heavy atom. The molecule has 0 radical (unpaired) electrons. The molecular weight excluding hydrogens is 320 g/mol. The van der Waals surface area contributed by atoms with Crippen LogP contribution in [0.1, 0.15) is 77.2 Å². The van der Waals surface area contributed by atoms with Gasteiger partial charge in [-0.1, -0.05) is 32.6 Å². The zero-order valence-corrected chi connectivity index (χ0v) is 16.2. The van der Waals surface area contributed by atoms with Crippen LogP contribution in [0.15, 0.2) is 12.3 Å². The molecule has 0 saturated heterocycles. The average Bonchev–Trinajstić information content (AvgIpc) is 2.88. The Morgan fingerprint density at radius 3 is 2.40 bits per heavy atom. The number of nitrogens with zero attached hydrogens (tertiary/aromatic N) is 1. The Bertz CT molecular complexity index is 558. The fraction of sp³-hybridized carbons (Fsp3) is 0.684. The number of aromatic nitrogens is 1. The van der Waals surface area contributed by atoms with E-state index < -0.39 is 11.7 Å². The summed E-state index contributed by atoms with van der Waals surface area (Å²) >= 11 is 0. The molecule has 0 bridgehead atoms. The van der Waals surface area contributed by atoms with Gasteiger partial charge in [0.15, 0.2) is 0 Å². The van der Waals surface area contributed by atoms with Gasteiger partial charge in [-0.25, -0.2) is 9.59 Å². The number of ether oxygens (including phenoxy) is 2. The maximum absolute atomic E-state index is 12.1. The fourth-order valence-corrected chi connectivity index (χ4v) is 2.45. The van der Waals surface area contributed by atoms with Crippen molar-refractivity contribution in [3.05, 3.63) is 18.0 Å². The number of rotatable bonds is 9. The predicted octanol–water partition coefficient (Wildman–Crippen LogP) is 4.98. The van der Waals surface area contributed by atoms with E-state index in [4.69, 9.17) is 9.47 Å². The maximum atomic E-state index is 12.1. The van der Waals surface area contributed by atoms with Crippen molar-refractivity contribution in [1.29, 1.82) is 0 Å². The number of esters is 1. The number of aryl methyl sites for hydroxylation is 1. The summed E-state index contributed by atoms with van der Waals surface area (Å²) in [6.07, 6.45) is 6.92. The lowest BCUT2D eigenvalue weighted by Crippen LogP contribution is -2.27. The van der Waals surface area contributed by atoms with E-state index in [2.05, 4.69) is 12.2 Å². The summed E-state index contributed by atoms with van der Waals surface area (Å²) < 4.78 is 12.2. The van der Waals surface area contributed by atoms with Crippen molar-refractivity contribution in [1.82, 2.24) is 4.57 Å². The van der Waals surface area contributed by atoms with E-state index in [1.807, 2.05) is 4.57 Å². The number of nitrogens with one attached hydrogen (secondary N) is 1. The first-order valence-electron chi connectivity index (χ1n) is 9.14. The molecule has 1 heterocycles. The second-order valence-electron chi connectivity index (χ2n) is 7.07. The third kappa shape index (κ3) is 8.09. The van der Waals surface area contributed by atoms with Crippen molar-refractivity contribution in [3.8, 4) is 0 Å². The highest BCUT2D eigenvalue weighted by molar-refractivity contribution is 5.92. The fourth-order valence-electron chi connectivity index (χ4n) is 2.45. The maximum Gasteiger partial charge on any atom is 0.412 e. The number of carbonyl (C=O) groups excluding carboxylic acids is 2. The van der Waals surface area contributed by atoms with E-state index >= 15 is 0 Å². The van der Waals surface area contributed by atoms with Crippen LogP contribution in [0.5, 0.6) is 0 Å². The van der Waals surface area contributed by atoms with Crippen LogP contribution in [0.4, 0.5) is 10.5 Å². The zero-order chi connectivity index (χ0) is 18.9. The lowest BCUT2D eigenvalue weighted by atomic mass is 10.1. The van der Waals surface area contributed by atoms with Crippen molar-refractivity contribution in [2.24, 2.45) is 0 Å². The number of unbranched alkanes of at least 4 members (excludes halogenated alkanes) is 4. The first-order valence-corrected chi connectivity index (χ1v) is 9.14. The van der Waals surface area contributed by atoms with E-state index in [9.17, 15) is 9.59 Å². The molecule has 1 N–H and O–H groups in total. The van der Waals surface area contributed by atoms with Crippen LogP contribution in [-0.4, -0.2) is 28.8 Å². The number of anilines is 1. The van der Waals surface area contributed by atoms with Gasteiger partial charge in [0.05, 0.1) is 12.3 Å². The minimum Gasteiger partial charge on any atom is -0.461 e. The summed E-state index contributed by atoms with van der Waals surface area (Å²) in [5.74, 6) is -0.381. The Kier molecular flexibility index (Phi) is 8.52. The van der Waals surface area contributed by atoms with Crippen LogP contribution in [-0.2, 0) is 16.0 Å². The molecule has 0 atom stereocenters. The highest BCUT2D eigenvalue weighted by atomic mass is 16.6. The molecule has 0 spiro atoms. The Balaban J connectivity index is 2.77. The minimum atomic E-state index is -0.574. The van der Waals surface area contributed by atoms with Gasteiger partial charge in [-0.3, -0.25) is 5.32 Å². The van der Waals surface area contributed by atoms with Gasteiger partial charge in [-0.05, 0) is 40.2 Å². The lowest BCUT2D eigenvalue weighted by molar-refractivity contribution is 0.0512. The lowest BCUT2D eigenvalue weighted by Gasteiger charge is -2.19. The van der Waals surface area contributed by atoms with E-state index in [1.165, 1.54) is 19.3 Å². The van der Waals surface area contributed by atoms with Gasteiger partial charge < -0.3 is 14.0 Å². The predicted molar refractivity (Wildman–Crippen MR) is 99.0 cm³/mol. The summed E-state index contributed by atoms with van der Waals surface area (Å²) in [4.78, 5) is 24.1. The second-order valence-corrected chi connectivity index (χ2v) is 7.07. The number of hydrogen-bond acceptors (Lipinski definition) is 4. The van der Waals surface area contributed by atoms with Crippen LogP contribution in [0.25, 0.3) is 0 Å². The Morgan fingerprint density at radius 2 is 1.80 bits per heavy atom. The molecule has 0 fully saturated rings. The third-order valence-corrected chi connectivity index (χ3v) is 3.53. The summed E-state index contributed by atoms with van der Waals surface area (Å²) in [7, 11) is 0. The summed E-state index contributed by atoms with van der Waals surface area (Å²) in [6.45, 7) is 10.4. The summed E-state index contributed by atoms with van der Waals surface area (Å²) in [5.41, 5.74) is 0.407. The van der Waals surface area contributed by atoms with Crippen molar-refractivity contribution < 1.29 is 19.1 Å². The van der Waals surface area contributed by atoms with Gasteiger partial charge in [0, 0.05) is 12.7 Å². The molecule has 0 saturated carbocycles. The number of amides is 1. The molecular formula is C19H32N2O4. The molecule has 1 rings (SSSR count). The summed E-state index contributed by atoms with van der Waals surface area (Å²) in [5, 5.41) is 2.68. The molecule has 0 aliphatic rings. The van der Waals surface area contributed by atoms with Crippen LogP contribution in [0.3, 0.4) is 0 Å². The Hall–Kier alpha value is -1.98. The molecule has 0 aliphatic heterocycles. The Labute approximate surface area is 150 Å². The van der Waals surface area contributed by atoms with Gasteiger partial charge in [-0.2, -0.15) is 0 Å². The van der Waals surface area contributed by atoms with E-state index in [0.717, 1.165) is 12.8 Å². The number of carbonyl (C=O) groups is 2. The van der Waals surface area contributed by atoms with Gasteiger partial charge in [0.25, 0.3) is 0 Å². The topological polar surface area (TPSA) is 69.6 Å². The average molecular weight is 352 g/mol. The van der Waals surface area contributed by atoms with E-state index in [-0.39, 0.29) is 5.97 Å². The molecule has 1 aromatic heterocycles. The van der Waals surface area contributed by atoms with Gasteiger partial charge in [0.2, 0.25) is 0 Å². The van der Waals surface area contributed by atoms with Crippen LogP contribution in [0, 0.1) is 0 Å². The first kappa shape index (κ1) is 21.1. The molecule has 6 heteroatoms. The normalized spacial score (nSPS) is 11.2. The van der Waals surface area contributed by atoms with Gasteiger partial charge in [0.1, 0.15) is 11.3 Å². The monoisotopic (exact) mass is 352 g/mol. The smallest absolute Gasteiger partial charge is 0.412 e. The van der Waals surface area contributed by atoms with Crippen LogP contribution >= 0.6 is 0 Å². The van der Waals surface area contributed by atoms with Crippen molar-refractivity contribution in [2.75, 3.05) is 11.9 Å². The van der Waals surface area contributed by atoms with Crippen LogP contribution in [0.2, 0.25) is 0 Å². The van der Waals surface area contributed by atoms with Gasteiger partial charge >= 0.3 is 12.1 Å². The minimum absolute atomic E-state index is 0.315. The zero-order valence-electron chi connectivity index (χ0n) is 16.2. The van der Waals surface area contributed by atoms with Crippen molar-refractivity contribution >= 4 is 17.7 Å². The van der Waals surface area contributed by atoms with Crippen LogP contribution < -0.4 is 5.32 Å². The molecule has 0 aromatic carbocycles. The number of hydrogen-bond donors (Lipinski definition) is 1.